The van der Waals surface area contributed by atoms with E-state index in [4.69, 9.17) is 10.5 Å². The Morgan fingerprint density at radius 3 is 2.81 bits per heavy atom. The second-order valence-corrected chi connectivity index (χ2v) is 9.36. The minimum Gasteiger partial charge on any atom is -0.492 e. The normalized spacial score (nSPS) is 17.5. The van der Waals surface area contributed by atoms with E-state index in [0.29, 0.717) is 24.5 Å². The van der Waals surface area contributed by atoms with Crippen LogP contribution in [0.3, 0.4) is 0 Å². The summed E-state index contributed by atoms with van der Waals surface area (Å²) < 4.78 is 17.9. The van der Waals surface area contributed by atoms with Gasteiger partial charge < -0.3 is 15.8 Å². The number of amides is 1. The lowest BCUT2D eigenvalue weighted by atomic mass is 9.87. The predicted molar refractivity (Wildman–Crippen MR) is 111 cm³/mol. The minimum absolute atomic E-state index is 0.272. The molecule has 1 amide bonds. The molecule has 1 aromatic rings. The summed E-state index contributed by atoms with van der Waals surface area (Å²) in [7, 11) is -0.948. The number of carbonyl (C=O) groups excluding carboxylic acids is 1. The molecule has 2 unspecified atom stereocenters. The standard InChI is InChI=1S/C19H29BrN2O3S/c1-26(24)12-10-17(21)19(23)22-15-7-8-16(20)18(13-15)25-11-9-14-5-3-2-4-6-14/h7-8,13-14,17H,2-6,9-12,21H2,1H3,(H,22,23). The Morgan fingerprint density at radius 1 is 1.38 bits per heavy atom. The molecule has 0 aliphatic heterocycles. The largest absolute Gasteiger partial charge is 0.492 e. The first-order chi connectivity index (χ1) is 12.5. The van der Waals surface area contributed by atoms with Crippen LogP contribution in [0, 0.1) is 5.92 Å². The second kappa shape index (κ2) is 11.0. The number of halogens is 1. The fraction of sp³-hybridized carbons (Fsp3) is 0.632. The summed E-state index contributed by atoms with van der Waals surface area (Å²) in [5.41, 5.74) is 6.51. The highest BCUT2D eigenvalue weighted by Gasteiger charge is 2.16. The van der Waals surface area contributed by atoms with Gasteiger partial charge in [0.05, 0.1) is 17.1 Å². The van der Waals surface area contributed by atoms with Gasteiger partial charge in [0.2, 0.25) is 5.91 Å². The molecule has 5 nitrogen and oxygen atoms in total. The van der Waals surface area contributed by atoms with Crippen LogP contribution < -0.4 is 15.8 Å². The molecular weight excluding hydrogens is 416 g/mol. The summed E-state index contributed by atoms with van der Waals surface area (Å²) in [5, 5.41) is 2.81. The molecule has 2 rings (SSSR count). The van der Waals surface area contributed by atoms with E-state index < -0.39 is 16.8 Å². The Labute approximate surface area is 167 Å². The smallest absolute Gasteiger partial charge is 0.241 e. The Hall–Kier alpha value is -0.920. The van der Waals surface area contributed by atoms with Crippen molar-refractivity contribution in [2.24, 2.45) is 11.7 Å². The number of ether oxygens (including phenoxy) is 1. The van der Waals surface area contributed by atoms with E-state index in [-0.39, 0.29) is 5.91 Å². The first-order valence-corrected chi connectivity index (χ1v) is 11.8. The maximum absolute atomic E-state index is 12.2. The third-order valence-electron chi connectivity index (χ3n) is 4.76. The van der Waals surface area contributed by atoms with Crippen molar-refractivity contribution in [3.8, 4) is 5.75 Å². The molecule has 1 aliphatic carbocycles. The first-order valence-electron chi connectivity index (χ1n) is 9.24. The van der Waals surface area contributed by atoms with E-state index in [1.165, 1.54) is 32.1 Å². The first kappa shape index (κ1) is 21.4. The van der Waals surface area contributed by atoms with Gasteiger partial charge in [0.1, 0.15) is 5.75 Å². The summed E-state index contributed by atoms with van der Waals surface area (Å²) in [6, 6.07) is 4.81. The number of nitrogens with two attached hydrogens (primary N) is 1. The summed E-state index contributed by atoms with van der Waals surface area (Å²) >= 11 is 3.50. The Bertz CT molecular complexity index is 621. The molecule has 1 fully saturated rings. The van der Waals surface area contributed by atoms with Crippen LogP contribution in [-0.2, 0) is 15.6 Å². The van der Waals surface area contributed by atoms with Gasteiger partial charge in [-0.2, -0.15) is 0 Å². The molecule has 0 saturated heterocycles. The molecule has 26 heavy (non-hydrogen) atoms. The van der Waals surface area contributed by atoms with Gasteiger partial charge in [-0.25, -0.2) is 0 Å². The summed E-state index contributed by atoms with van der Waals surface area (Å²) in [4.78, 5) is 12.2. The number of anilines is 1. The molecule has 146 valence electrons. The van der Waals surface area contributed by atoms with Crippen molar-refractivity contribution >= 4 is 38.3 Å². The minimum atomic E-state index is -0.948. The SMILES string of the molecule is CS(=O)CCC(N)C(=O)Nc1ccc(Br)c(OCCC2CCCCC2)c1. The van der Waals surface area contributed by atoms with Crippen LogP contribution in [0.5, 0.6) is 5.75 Å². The fourth-order valence-corrected chi connectivity index (χ4v) is 4.11. The highest BCUT2D eigenvalue weighted by Crippen LogP contribution is 2.30. The van der Waals surface area contributed by atoms with Crippen molar-refractivity contribution in [2.45, 2.75) is 51.0 Å². The number of rotatable bonds is 9. The Kier molecular flexibility index (Phi) is 9.08. The number of benzene rings is 1. The van der Waals surface area contributed by atoms with Crippen LogP contribution in [-0.4, -0.2) is 34.8 Å². The molecule has 0 spiro atoms. The predicted octanol–water partition coefficient (Wildman–Crippen LogP) is 3.83. The van der Waals surface area contributed by atoms with Gasteiger partial charge in [-0.3, -0.25) is 9.00 Å². The summed E-state index contributed by atoms with van der Waals surface area (Å²) in [5.74, 6) is 1.64. The molecule has 1 saturated carbocycles. The fourth-order valence-electron chi connectivity index (χ4n) is 3.16. The monoisotopic (exact) mass is 444 g/mol. The van der Waals surface area contributed by atoms with Gasteiger partial charge in [0, 0.05) is 34.6 Å². The van der Waals surface area contributed by atoms with Gasteiger partial charge in [-0.05, 0) is 46.8 Å². The summed E-state index contributed by atoms with van der Waals surface area (Å²) in [6.07, 6.45) is 9.72. The van der Waals surface area contributed by atoms with E-state index in [1.807, 2.05) is 12.1 Å². The Balaban J connectivity index is 1.85. The molecule has 1 aliphatic rings. The van der Waals surface area contributed by atoms with E-state index in [0.717, 1.165) is 22.6 Å². The topological polar surface area (TPSA) is 81.4 Å². The molecule has 1 aromatic carbocycles. The lowest BCUT2D eigenvalue weighted by Gasteiger charge is -2.21. The average Bonchev–Trinajstić information content (AvgIpc) is 2.63. The van der Waals surface area contributed by atoms with Crippen molar-refractivity contribution in [3.05, 3.63) is 22.7 Å². The van der Waals surface area contributed by atoms with Crippen LogP contribution in [0.25, 0.3) is 0 Å². The molecule has 7 heteroatoms. The number of nitrogens with one attached hydrogen (secondary N) is 1. The van der Waals surface area contributed by atoms with Crippen molar-refractivity contribution < 1.29 is 13.7 Å². The van der Waals surface area contributed by atoms with E-state index in [2.05, 4.69) is 21.2 Å². The van der Waals surface area contributed by atoms with Crippen LogP contribution in [0.4, 0.5) is 5.69 Å². The third-order valence-corrected chi connectivity index (χ3v) is 6.23. The molecular formula is C19H29BrN2O3S. The highest BCUT2D eigenvalue weighted by atomic mass is 79.9. The van der Waals surface area contributed by atoms with Gasteiger partial charge in [0.25, 0.3) is 0 Å². The highest BCUT2D eigenvalue weighted by molar-refractivity contribution is 9.10. The molecule has 0 aromatic heterocycles. The molecule has 0 bridgehead atoms. The zero-order valence-electron chi connectivity index (χ0n) is 15.3. The quantitative estimate of drug-likeness (QED) is 0.605. The number of hydrogen-bond acceptors (Lipinski definition) is 4. The maximum atomic E-state index is 12.2. The van der Waals surface area contributed by atoms with Crippen LogP contribution in [0.15, 0.2) is 22.7 Å². The second-order valence-electron chi connectivity index (χ2n) is 6.95. The van der Waals surface area contributed by atoms with Crippen molar-refractivity contribution in [2.75, 3.05) is 23.9 Å². The zero-order valence-corrected chi connectivity index (χ0v) is 17.7. The lowest BCUT2D eigenvalue weighted by Crippen LogP contribution is -2.36. The average molecular weight is 445 g/mol. The van der Waals surface area contributed by atoms with E-state index in [1.54, 1.807) is 12.3 Å². The maximum Gasteiger partial charge on any atom is 0.241 e. The molecule has 3 N–H and O–H groups in total. The van der Waals surface area contributed by atoms with Crippen molar-refractivity contribution in [3.63, 3.8) is 0 Å². The lowest BCUT2D eigenvalue weighted by molar-refractivity contribution is -0.117. The molecule has 0 radical (unpaired) electrons. The van der Waals surface area contributed by atoms with E-state index >= 15 is 0 Å². The van der Waals surface area contributed by atoms with Crippen molar-refractivity contribution in [1.29, 1.82) is 0 Å². The van der Waals surface area contributed by atoms with Gasteiger partial charge in [0.15, 0.2) is 0 Å². The van der Waals surface area contributed by atoms with Crippen molar-refractivity contribution in [1.82, 2.24) is 0 Å². The molecule has 0 heterocycles. The number of carbonyl (C=O) groups is 1. The van der Waals surface area contributed by atoms with Crippen LogP contribution in [0.1, 0.15) is 44.9 Å². The zero-order chi connectivity index (χ0) is 18.9. The van der Waals surface area contributed by atoms with Crippen LogP contribution in [0.2, 0.25) is 0 Å². The van der Waals surface area contributed by atoms with Gasteiger partial charge >= 0.3 is 0 Å². The summed E-state index contributed by atoms with van der Waals surface area (Å²) in [6.45, 7) is 0.683. The van der Waals surface area contributed by atoms with Crippen LogP contribution >= 0.6 is 15.9 Å². The number of hydrogen-bond donors (Lipinski definition) is 2. The van der Waals surface area contributed by atoms with E-state index in [9.17, 15) is 9.00 Å². The van der Waals surface area contributed by atoms with Gasteiger partial charge in [-0.1, -0.05) is 32.1 Å². The van der Waals surface area contributed by atoms with Gasteiger partial charge in [-0.15, -0.1) is 0 Å². The third kappa shape index (κ3) is 7.37. The Morgan fingerprint density at radius 2 is 2.12 bits per heavy atom. The molecule has 2 atom stereocenters.